The zero-order valence-electron chi connectivity index (χ0n) is 12.6. The molecule has 0 radical (unpaired) electrons. The van der Waals surface area contributed by atoms with Crippen LogP contribution >= 0.6 is 0 Å². The molecule has 1 aliphatic rings. The van der Waals surface area contributed by atoms with E-state index in [-0.39, 0.29) is 5.91 Å². The van der Waals surface area contributed by atoms with Gasteiger partial charge in [0.1, 0.15) is 5.82 Å². The lowest BCUT2D eigenvalue weighted by atomic mass is 10.2. The Morgan fingerprint density at radius 2 is 2.00 bits per heavy atom. The third-order valence-electron chi connectivity index (χ3n) is 3.79. The van der Waals surface area contributed by atoms with Crippen molar-refractivity contribution in [3.63, 3.8) is 0 Å². The van der Waals surface area contributed by atoms with Crippen LogP contribution in [0.2, 0.25) is 0 Å². The Bertz CT molecular complexity index is 638. The predicted molar refractivity (Wildman–Crippen MR) is 82.2 cm³/mol. The highest BCUT2D eigenvalue weighted by Gasteiger charge is 2.22. The number of pyridine rings is 1. The largest absolute Gasteiger partial charge is 0.336 e. The summed E-state index contributed by atoms with van der Waals surface area (Å²) in [6.45, 7) is 5.88. The van der Waals surface area contributed by atoms with Crippen LogP contribution in [0.25, 0.3) is 0 Å². The lowest BCUT2D eigenvalue weighted by Gasteiger charge is -2.34. The molecule has 0 unspecified atom stereocenters. The zero-order chi connectivity index (χ0) is 15.4. The standard InChI is InChI=1S/C16H19N5O/c1-13-18-6-4-15(19-13)12-20-7-9-21(10-8-20)16(22)14-3-2-5-17-11-14/h2-6,11H,7-10,12H2,1H3. The molecule has 1 saturated heterocycles. The van der Waals surface area contributed by atoms with E-state index >= 15 is 0 Å². The van der Waals surface area contributed by atoms with Gasteiger partial charge in [0, 0.05) is 51.3 Å². The van der Waals surface area contributed by atoms with Crippen molar-refractivity contribution in [1.82, 2.24) is 24.8 Å². The highest BCUT2D eigenvalue weighted by Crippen LogP contribution is 2.10. The first-order chi connectivity index (χ1) is 10.7. The molecule has 6 heteroatoms. The molecule has 0 bridgehead atoms. The van der Waals surface area contributed by atoms with Gasteiger partial charge in [-0.05, 0) is 25.1 Å². The predicted octanol–water partition coefficient (Wildman–Crippen LogP) is 1.14. The maximum Gasteiger partial charge on any atom is 0.255 e. The quantitative estimate of drug-likeness (QED) is 0.850. The molecule has 3 heterocycles. The summed E-state index contributed by atoms with van der Waals surface area (Å²) in [6.07, 6.45) is 5.09. The third-order valence-corrected chi connectivity index (χ3v) is 3.79. The number of carbonyl (C=O) groups is 1. The molecular formula is C16H19N5O. The number of aryl methyl sites for hydroxylation is 1. The molecule has 0 aliphatic carbocycles. The second-order valence-corrected chi connectivity index (χ2v) is 5.41. The number of carbonyl (C=O) groups excluding carboxylic acids is 1. The van der Waals surface area contributed by atoms with Crippen LogP contribution in [0.15, 0.2) is 36.8 Å². The third kappa shape index (κ3) is 3.46. The minimum absolute atomic E-state index is 0.0608. The van der Waals surface area contributed by atoms with Gasteiger partial charge in [0.25, 0.3) is 5.91 Å². The van der Waals surface area contributed by atoms with Gasteiger partial charge in [-0.3, -0.25) is 14.7 Å². The molecule has 0 atom stereocenters. The summed E-state index contributed by atoms with van der Waals surface area (Å²) in [5.74, 6) is 0.855. The fraction of sp³-hybridized carbons (Fsp3) is 0.375. The van der Waals surface area contributed by atoms with E-state index in [1.165, 1.54) is 0 Å². The Labute approximate surface area is 129 Å². The van der Waals surface area contributed by atoms with E-state index in [0.717, 1.165) is 44.2 Å². The maximum absolute atomic E-state index is 12.4. The lowest BCUT2D eigenvalue weighted by molar-refractivity contribution is 0.0626. The van der Waals surface area contributed by atoms with Crippen molar-refractivity contribution in [2.45, 2.75) is 13.5 Å². The van der Waals surface area contributed by atoms with E-state index in [0.29, 0.717) is 5.56 Å². The second kappa shape index (κ2) is 6.62. The molecule has 3 rings (SSSR count). The molecule has 2 aromatic heterocycles. The van der Waals surface area contributed by atoms with Crippen LogP contribution in [0, 0.1) is 6.92 Å². The molecule has 0 saturated carbocycles. The molecule has 2 aromatic rings. The first kappa shape index (κ1) is 14.6. The highest BCUT2D eigenvalue weighted by atomic mass is 16.2. The molecule has 22 heavy (non-hydrogen) atoms. The van der Waals surface area contributed by atoms with Crippen LogP contribution in [0.4, 0.5) is 0 Å². The zero-order valence-corrected chi connectivity index (χ0v) is 12.6. The van der Waals surface area contributed by atoms with Gasteiger partial charge in [0.2, 0.25) is 0 Å². The lowest BCUT2D eigenvalue weighted by Crippen LogP contribution is -2.48. The van der Waals surface area contributed by atoms with E-state index in [9.17, 15) is 4.79 Å². The Balaban J connectivity index is 1.55. The SMILES string of the molecule is Cc1nccc(CN2CCN(C(=O)c3cccnc3)CC2)n1. The van der Waals surface area contributed by atoms with Gasteiger partial charge in [-0.15, -0.1) is 0 Å². The molecule has 0 N–H and O–H groups in total. The number of hydrogen-bond acceptors (Lipinski definition) is 5. The van der Waals surface area contributed by atoms with Gasteiger partial charge in [-0.25, -0.2) is 9.97 Å². The maximum atomic E-state index is 12.4. The molecule has 0 spiro atoms. The van der Waals surface area contributed by atoms with Crippen molar-refractivity contribution in [1.29, 1.82) is 0 Å². The summed E-state index contributed by atoms with van der Waals surface area (Å²) < 4.78 is 0. The minimum atomic E-state index is 0.0608. The van der Waals surface area contributed by atoms with Crippen LogP contribution in [0.1, 0.15) is 21.9 Å². The molecule has 1 fully saturated rings. The van der Waals surface area contributed by atoms with E-state index < -0.39 is 0 Å². The normalized spacial score (nSPS) is 15.8. The fourth-order valence-corrected chi connectivity index (χ4v) is 2.60. The van der Waals surface area contributed by atoms with Crippen molar-refractivity contribution >= 4 is 5.91 Å². The first-order valence-corrected chi connectivity index (χ1v) is 7.42. The van der Waals surface area contributed by atoms with Crippen molar-refractivity contribution in [3.8, 4) is 0 Å². The van der Waals surface area contributed by atoms with E-state index in [1.54, 1.807) is 24.7 Å². The van der Waals surface area contributed by atoms with Crippen molar-refractivity contribution < 1.29 is 4.79 Å². The molecule has 6 nitrogen and oxygen atoms in total. The number of piperazine rings is 1. The molecule has 1 aliphatic heterocycles. The van der Waals surface area contributed by atoms with Crippen LogP contribution in [-0.4, -0.2) is 56.8 Å². The summed E-state index contributed by atoms with van der Waals surface area (Å²) in [4.78, 5) is 29.1. The van der Waals surface area contributed by atoms with Gasteiger partial charge in [0.05, 0.1) is 11.3 Å². The smallest absolute Gasteiger partial charge is 0.255 e. The molecule has 0 aromatic carbocycles. The number of rotatable bonds is 3. The van der Waals surface area contributed by atoms with E-state index in [4.69, 9.17) is 0 Å². The van der Waals surface area contributed by atoms with Crippen molar-refractivity contribution in [3.05, 3.63) is 53.9 Å². The number of nitrogens with zero attached hydrogens (tertiary/aromatic N) is 5. The molecular weight excluding hydrogens is 278 g/mol. The van der Waals surface area contributed by atoms with Gasteiger partial charge in [0.15, 0.2) is 0 Å². The average Bonchev–Trinajstić information content (AvgIpc) is 2.56. The second-order valence-electron chi connectivity index (χ2n) is 5.41. The summed E-state index contributed by atoms with van der Waals surface area (Å²) in [5.41, 5.74) is 1.68. The first-order valence-electron chi connectivity index (χ1n) is 7.42. The van der Waals surface area contributed by atoms with Crippen LogP contribution < -0.4 is 0 Å². The Kier molecular flexibility index (Phi) is 4.39. The topological polar surface area (TPSA) is 62.2 Å². The summed E-state index contributed by atoms with van der Waals surface area (Å²) in [7, 11) is 0. The number of amides is 1. The van der Waals surface area contributed by atoms with Crippen LogP contribution in [-0.2, 0) is 6.54 Å². The number of hydrogen-bond donors (Lipinski definition) is 0. The van der Waals surface area contributed by atoms with Crippen LogP contribution in [0.3, 0.4) is 0 Å². The van der Waals surface area contributed by atoms with Gasteiger partial charge in [-0.1, -0.05) is 0 Å². The number of aromatic nitrogens is 3. The monoisotopic (exact) mass is 297 g/mol. The van der Waals surface area contributed by atoms with Gasteiger partial charge < -0.3 is 4.90 Å². The fourth-order valence-electron chi connectivity index (χ4n) is 2.60. The summed E-state index contributed by atoms with van der Waals surface area (Å²) >= 11 is 0. The van der Waals surface area contributed by atoms with E-state index in [1.807, 2.05) is 24.0 Å². The Morgan fingerprint density at radius 1 is 1.18 bits per heavy atom. The minimum Gasteiger partial charge on any atom is -0.336 e. The van der Waals surface area contributed by atoms with E-state index in [2.05, 4.69) is 19.9 Å². The highest BCUT2D eigenvalue weighted by molar-refractivity contribution is 5.93. The summed E-state index contributed by atoms with van der Waals surface area (Å²) in [5, 5.41) is 0. The van der Waals surface area contributed by atoms with Gasteiger partial charge in [-0.2, -0.15) is 0 Å². The Hall–Kier alpha value is -2.34. The molecule has 1 amide bonds. The van der Waals surface area contributed by atoms with Crippen molar-refractivity contribution in [2.75, 3.05) is 26.2 Å². The Morgan fingerprint density at radius 3 is 2.68 bits per heavy atom. The summed E-state index contributed by atoms with van der Waals surface area (Å²) in [6, 6.07) is 5.55. The van der Waals surface area contributed by atoms with Gasteiger partial charge >= 0.3 is 0 Å². The molecule has 114 valence electrons. The average molecular weight is 297 g/mol. The van der Waals surface area contributed by atoms with Crippen molar-refractivity contribution in [2.24, 2.45) is 0 Å². The van der Waals surface area contributed by atoms with Crippen LogP contribution in [0.5, 0.6) is 0 Å².